The number of hydrogen-bond acceptors (Lipinski definition) is 2. The number of para-hydroxylation sites is 1. The van der Waals surface area contributed by atoms with Crippen molar-refractivity contribution in [2.24, 2.45) is 23.2 Å². The highest BCUT2D eigenvalue weighted by Gasteiger charge is 2.57. The first-order valence-corrected chi connectivity index (χ1v) is 9.77. The Balaban J connectivity index is 1.35. The zero-order valence-corrected chi connectivity index (χ0v) is 14.1. The molecule has 4 aliphatic carbocycles. The third-order valence-electron chi connectivity index (χ3n) is 7.59. The molecule has 3 heteroatoms. The van der Waals surface area contributed by atoms with Gasteiger partial charge in [0.25, 0.3) is 0 Å². The molecular weight excluding hydrogens is 298 g/mol. The third kappa shape index (κ3) is 1.76. The van der Waals surface area contributed by atoms with Gasteiger partial charge in [0, 0.05) is 12.0 Å². The van der Waals surface area contributed by atoms with Crippen LogP contribution in [0.5, 0.6) is 5.75 Å². The summed E-state index contributed by atoms with van der Waals surface area (Å²) in [7, 11) is 0. The van der Waals surface area contributed by atoms with Crippen LogP contribution in [0.15, 0.2) is 24.3 Å². The van der Waals surface area contributed by atoms with Crippen LogP contribution in [-0.4, -0.2) is 23.5 Å². The maximum Gasteiger partial charge on any atom is 0.229 e. The van der Waals surface area contributed by atoms with Crippen LogP contribution in [0.3, 0.4) is 0 Å². The number of nitrogens with zero attached hydrogens (tertiary/aromatic N) is 1. The summed E-state index contributed by atoms with van der Waals surface area (Å²) in [6.45, 7) is 0.792. The van der Waals surface area contributed by atoms with Crippen LogP contribution in [-0.2, 0) is 4.79 Å². The fourth-order valence-electron chi connectivity index (χ4n) is 7.12. The highest BCUT2D eigenvalue weighted by atomic mass is 16.5. The Morgan fingerprint density at radius 3 is 2.38 bits per heavy atom. The predicted octanol–water partition coefficient (Wildman–Crippen LogP) is 3.94. The van der Waals surface area contributed by atoms with E-state index in [2.05, 4.69) is 23.1 Å². The van der Waals surface area contributed by atoms with Crippen LogP contribution >= 0.6 is 0 Å². The van der Waals surface area contributed by atoms with E-state index >= 15 is 0 Å². The standard InChI is InChI=1S/C21H25NO2/c23-20(21-9-13-5-14(10-21)7-15(6-13)11-21)22-12-16-8-18(22)17-3-1-2-4-19(17)24-16/h1-4,13-16,18H,5-12H2/t13?,14?,15?,16-,18-,21?/m0/s1. The van der Waals surface area contributed by atoms with Crippen LogP contribution in [0.1, 0.15) is 56.6 Å². The van der Waals surface area contributed by atoms with E-state index in [1.807, 2.05) is 6.07 Å². The molecule has 7 rings (SSSR count). The minimum Gasteiger partial charge on any atom is -0.488 e. The average molecular weight is 323 g/mol. The molecule has 6 bridgehead atoms. The van der Waals surface area contributed by atoms with Gasteiger partial charge in [-0.1, -0.05) is 18.2 Å². The molecule has 0 radical (unpaired) electrons. The lowest BCUT2D eigenvalue weighted by Crippen LogP contribution is -2.54. The Morgan fingerprint density at radius 2 is 1.67 bits per heavy atom. The zero-order valence-electron chi connectivity index (χ0n) is 14.1. The van der Waals surface area contributed by atoms with Gasteiger partial charge >= 0.3 is 0 Å². The first-order chi connectivity index (χ1) is 11.7. The summed E-state index contributed by atoms with van der Waals surface area (Å²) in [4.78, 5) is 15.9. The van der Waals surface area contributed by atoms with Crippen molar-refractivity contribution in [3.8, 4) is 5.75 Å². The maximum absolute atomic E-state index is 13.7. The van der Waals surface area contributed by atoms with E-state index in [9.17, 15) is 4.79 Å². The number of benzene rings is 1. The molecule has 1 saturated heterocycles. The quantitative estimate of drug-likeness (QED) is 0.783. The number of carbonyl (C=O) groups excluding carboxylic acids is 1. The van der Waals surface area contributed by atoms with E-state index in [1.54, 1.807) is 0 Å². The lowest BCUT2D eigenvalue weighted by atomic mass is 9.49. The van der Waals surface area contributed by atoms with Crippen LogP contribution in [0.2, 0.25) is 0 Å². The molecule has 1 amide bonds. The predicted molar refractivity (Wildman–Crippen MR) is 90.5 cm³/mol. The van der Waals surface area contributed by atoms with Crippen LogP contribution in [0.25, 0.3) is 0 Å². The highest BCUT2D eigenvalue weighted by Crippen LogP contribution is 2.61. The van der Waals surface area contributed by atoms with Gasteiger partial charge in [0.1, 0.15) is 11.9 Å². The molecule has 1 aromatic rings. The number of rotatable bonds is 1. The number of amides is 1. The van der Waals surface area contributed by atoms with Gasteiger partial charge in [0.05, 0.1) is 18.0 Å². The van der Waals surface area contributed by atoms with Gasteiger partial charge in [-0.25, -0.2) is 0 Å². The van der Waals surface area contributed by atoms with Crippen molar-refractivity contribution in [3.63, 3.8) is 0 Å². The van der Waals surface area contributed by atoms with E-state index in [-0.39, 0.29) is 17.6 Å². The minimum absolute atomic E-state index is 0.0266. The average Bonchev–Trinajstić information content (AvgIpc) is 2.91. The molecule has 2 atom stereocenters. The van der Waals surface area contributed by atoms with Crippen molar-refractivity contribution in [3.05, 3.63) is 29.8 Å². The maximum atomic E-state index is 13.7. The van der Waals surface area contributed by atoms with Gasteiger partial charge in [0.15, 0.2) is 0 Å². The fraction of sp³-hybridized carbons (Fsp3) is 0.667. The number of fused-ring (bicyclic) bond motifs is 4. The van der Waals surface area contributed by atoms with Gasteiger partial charge in [-0.05, 0) is 62.3 Å². The number of carbonyl (C=O) groups is 1. The Labute approximate surface area is 143 Å². The molecule has 126 valence electrons. The number of likely N-dealkylation sites (tertiary alicyclic amines) is 1. The molecule has 4 saturated carbocycles. The minimum atomic E-state index is -0.0266. The summed E-state index contributed by atoms with van der Waals surface area (Å²) in [6, 6.07) is 8.58. The second kappa shape index (κ2) is 4.56. The van der Waals surface area contributed by atoms with E-state index in [1.165, 1.54) is 24.8 Å². The van der Waals surface area contributed by atoms with Crippen molar-refractivity contribution in [2.75, 3.05) is 6.54 Å². The fourth-order valence-corrected chi connectivity index (χ4v) is 7.12. The van der Waals surface area contributed by atoms with Crippen molar-refractivity contribution in [2.45, 2.75) is 57.1 Å². The van der Waals surface area contributed by atoms with E-state index in [4.69, 9.17) is 4.74 Å². The monoisotopic (exact) mass is 323 g/mol. The molecule has 1 aromatic carbocycles. The highest BCUT2D eigenvalue weighted by molar-refractivity contribution is 5.84. The van der Waals surface area contributed by atoms with Gasteiger partial charge in [-0.2, -0.15) is 0 Å². The first kappa shape index (κ1) is 13.7. The molecule has 0 aromatic heterocycles. The summed E-state index contributed by atoms with van der Waals surface area (Å²) >= 11 is 0. The lowest BCUT2D eigenvalue weighted by molar-refractivity contribution is -0.158. The Morgan fingerprint density at radius 1 is 1.00 bits per heavy atom. The molecule has 0 N–H and O–H groups in total. The van der Waals surface area contributed by atoms with Crippen LogP contribution in [0.4, 0.5) is 0 Å². The zero-order chi connectivity index (χ0) is 15.9. The molecule has 5 fully saturated rings. The largest absolute Gasteiger partial charge is 0.488 e. The second-order valence-corrected chi connectivity index (χ2v) is 9.18. The van der Waals surface area contributed by atoms with Gasteiger partial charge in [0.2, 0.25) is 5.91 Å². The Bertz CT molecular complexity index is 676. The summed E-state index contributed by atoms with van der Waals surface area (Å²) < 4.78 is 6.13. The molecule has 3 nitrogen and oxygen atoms in total. The first-order valence-electron chi connectivity index (χ1n) is 9.77. The summed E-state index contributed by atoms with van der Waals surface area (Å²) in [6.07, 6.45) is 8.84. The van der Waals surface area contributed by atoms with Gasteiger partial charge in [-0.3, -0.25) is 4.79 Å². The van der Waals surface area contributed by atoms with E-state index in [0.29, 0.717) is 5.91 Å². The van der Waals surface area contributed by atoms with Crippen molar-refractivity contribution in [1.29, 1.82) is 0 Å². The molecule has 24 heavy (non-hydrogen) atoms. The van der Waals surface area contributed by atoms with Crippen LogP contribution in [0, 0.1) is 23.2 Å². The topological polar surface area (TPSA) is 29.5 Å². The van der Waals surface area contributed by atoms with Gasteiger partial charge in [-0.15, -0.1) is 0 Å². The third-order valence-corrected chi connectivity index (χ3v) is 7.59. The summed E-state index contributed by atoms with van der Waals surface area (Å²) in [5.41, 5.74) is 1.20. The molecule has 0 unspecified atom stereocenters. The number of hydrogen-bond donors (Lipinski definition) is 0. The normalized spacial score (nSPS) is 44.3. The Kier molecular flexibility index (Phi) is 2.61. The molecule has 2 heterocycles. The molecule has 2 aliphatic heterocycles. The molecule has 0 spiro atoms. The summed E-state index contributed by atoms with van der Waals surface area (Å²) in [5.74, 6) is 3.94. The lowest BCUT2D eigenvalue weighted by Gasteiger charge is -2.56. The van der Waals surface area contributed by atoms with Crippen LogP contribution < -0.4 is 4.74 Å². The van der Waals surface area contributed by atoms with E-state index in [0.717, 1.165) is 55.7 Å². The smallest absolute Gasteiger partial charge is 0.229 e. The molecular formula is C21H25NO2. The van der Waals surface area contributed by atoms with Crippen molar-refractivity contribution in [1.82, 2.24) is 4.90 Å². The number of ether oxygens (including phenoxy) is 1. The van der Waals surface area contributed by atoms with Crippen molar-refractivity contribution >= 4 is 5.91 Å². The second-order valence-electron chi connectivity index (χ2n) is 9.18. The Hall–Kier alpha value is -1.51. The van der Waals surface area contributed by atoms with Crippen molar-refractivity contribution < 1.29 is 9.53 Å². The summed E-state index contributed by atoms with van der Waals surface area (Å²) in [5, 5.41) is 0. The van der Waals surface area contributed by atoms with Gasteiger partial charge < -0.3 is 9.64 Å². The van der Waals surface area contributed by atoms with E-state index < -0.39 is 0 Å². The SMILES string of the molecule is O=C(N1C[C@@H]2C[C@H]1c1ccccc1O2)C12CC3CC(CC(C3)C1)C2. The molecule has 6 aliphatic rings.